The number of esters is 1. The third-order valence-corrected chi connectivity index (χ3v) is 3.46. The number of carbonyl (C=O) groups excluding carboxylic acids is 1. The van der Waals surface area contributed by atoms with E-state index in [0.29, 0.717) is 6.04 Å². The number of methoxy groups -OCH3 is 1. The molecule has 2 fully saturated rings. The summed E-state index contributed by atoms with van der Waals surface area (Å²) in [6, 6.07) is 0.520. The average molecular weight is 209 g/mol. The standard InChI is InChI=1S/C12H19NO2/c1-15-12(14)9-10-5-4-8-13-7-3-2-6-11(10)13/h9,11H,2-8H2,1H3/b10-9-. The van der Waals surface area contributed by atoms with E-state index in [4.69, 9.17) is 4.74 Å². The quantitative estimate of drug-likeness (QED) is 0.486. The van der Waals surface area contributed by atoms with Crippen molar-refractivity contribution in [3.63, 3.8) is 0 Å². The van der Waals surface area contributed by atoms with Gasteiger partial charge >= 0.3 is 5.97 Å². The van der Waals surface area contributed by atoms with Gasteiger partial charge in [0.1, 0.15) is 0 Å². The molecule has 0 aliphatic carbocycles. The molecule has 0 saturated carbocycles. The number of fused-ring (bicyclic) bond motifs is 1. The molecule has 3 nitrogen and oxygen atoms in total. The molecule has 0 N–H and O–H groups in total. The van der Waals surface area contributed by atoms with Crippen molar-refractivity contribution in [1.29, 1.82) is 0 Å². The molecule has 15 heavy (non-hydrogen) atoms. The van der Waals surface area contributed by atoms with Crippen LogP contribution in [-0.2, 0) is 9.53 Å². The lowest BCUT2D eigenvalue weighted by Crippen LogP contribution is -2.44. The second-order valence-corrected chi connectivity index (χ2v) is 4.39. The van der Waals surface area contributed by atoms with Gasteiger partial charge in [-0.25, -0.2) is 4.79 Å². The lowest BCUT2D eigenvalue weighted by atomic mass is 9.88. The molecule has 2 saturated heterocycles. The van der Waals surface area contributed by atoms with E-state index in [0.717, 1.165) is 6.42 Å². The number of ether oxygens (including phenoxy) is 1. The van der Waals surface area contributed by atoms with E-state index >= 15 is 0 Å². The predicted molar refractivity (Wildman–Crippen MR) is 58.5 cm³/mol. The van der Waals surface area contributed by atoms with Gasteiger partial charge in [0.05, 0.1) is 7.11 Å². The van der Waals surface area contributed by atoms with Crippen LogP contribution in [-0.4, -0.2) is 37.1 Å². The number of piperidine rings is 2. The third-order valence-electron chi connectivity index (χ3n) is 3.46. The number of hydrogen-bond acceptors (Lipinski definition) is 3. The van der Waals surface area contributed by atoms with Crippen LogP contribution in [0.15, 0.2) is 11.6 Å². The van der Waals surface area contributed by atoms with E-state index in [1.54, 1.807) is 6.08 Å². The smallest absolute Gasteiger partial charge is 0.330 e. The fourth-order valence-electron chi connectivity index (χ4n) is 2.71. The van der Waals surface area contributed by atoms with Crippen molar-refractivity contribution < 1.29 is 9.53 Å². The average Bonchev–Trinajstić information content (AvgIpc) is 2.29. The van der Waals surface area contributed by atoms with Crippen LogP contribution in [0.25, 0.3) is 0 Å². The Morgan fingerprint density at radius 2 is 2.20 bits per heavy atom. The summed E-state index contributed by atoms with van der Waals surface area (Å²) in [6.07, 6.45) is 7.77. The van der Waals surface area contributed by atoms with E-state index in [1.165, 1.54) is 51.5 Å². The molecule has 2 heterocycles. The van der Waals surface area contributed by atoms with Crippen LogP contribution in [0.5, 0.6) is 0 Å². The molecule has 2 rings (SSSR count). The van der Waals surface area contributed by atoms with Crippen molar-refractivity contribution in [2.75, 3.05) is 20.2 Å². The zero-order valence-corrected chi connectivity index (χ0v) is 9.37. The number of hydrogen-bond donors (Lipinski definition) is 0. The highest BCUT2D eigenvalue weighted by atomic mass is 16.5. The van der Waals surface area contributed by atoms with Crippen molar-refractivity contribution in [3.8, 4) is 0 Å². The first-order chi connectivity index (χ1) is 7.31. The minimum absolute atomic E-state index is 0.197. The van der Waals surface area contributed by atoms with Crippen molar-refractivity contribution in [3.05, 3.63) is 11.6 Å². The minimum Gasteiger partial charge on any atom is -0.466 e. The van der Waals surface area contributed by atoms with E-state index in [9.17, 15) is 4.79 Å². The summed E-state index contributed by atoms with van der Waals surface area (Å²) >= 11 is 0. The first-order valence-electron chi connectivity index (χ1n) is 5.83. The summed E-state index contributed by atoms with van der Waals surface area (Å²) in [5, 5.41) is 0. The van der Waals surface area contributed by atoms with Gasteiger partial charge in [-0.15, -0.1) is 0 Å². The molecule has 3 heteroatoms. The fourth-order valence-corrected chi connectivity index (χ4v) is 2.71. The summed E-state index contributed by atoms with van der Waals surface area (Å²) in [7, 11) is 1.45. The molecular formula is C12H19NO2. The third kappa shape index (κ3) is 2.40. The molecular weight excluding hydrogens is 190 g/mol. The molecule has 0 radical (unpaired) electrons. The molecule has 2 aliphatic rings. The number of rotatable bonds is 1. The summed E-state index contributed by atoms with van der Waals surface area (Å²) in [5.41, 5.74) is 1.29. The fraction of sp³-hybridized carbons (Fsp3) is 0.750. The summed E-state index contributed by atoms with van der Waals surface area (Å²) < 4.78 is 4.70. The van der Waals surface area contributed by atoms with Gasteiger partial charge < -0.3 is 4.74 Å². The van der Waals surface area contributed by atoms with Gasteiger partial charge in [0.2, 0.25) is 0 Å². The Bertz CT molecular complexity index is 271. The maximum absolute atomic E-state index is 11.2. The summed E-state index contributed by atoms with van der Waals surface area (Å²) in [6.45, 7) is 2.40. The maximum atomic E-state index is 11.2. The zero-order valence-electron chi connectivity index (χ0n) is 9.37. The Morgan fingerprint density at radius 3 is 3.00 bits per heavy atom. The van der Waals surface area contributed by atoms with Gasteiger partial charge in [-0.2, -0.15) is 0 Å². The van der Waals surface area contributed by atoms with Crippen molar-refractivity contribution >= 4 is 5.97 Å². The number of nitrogens with zero attached hydrogens (tertiary/aromatic N) is 1. The molecule has 0 aromatic carbocycles. The van der Waals surface area contributed by atoms with Gasteiger partial charge in [0.15, 0.2) is 0 Å². The van der Waals surface area contributed by atoms with Crippen LogP contribution in [0.3, 0.4) is 0 Å². The molecule has 0 amide bonds. The van der Waals surface area contributed by atoms with E-state index < -0.39 is 0 Å². The molecule has 1 atom stereocenters. The highest BCUT2D eigenvalue weighted by molar-refractivity contribution is 5.82. The van der Waals surface area contributed by atoms with Crippen LogP contribution >= 0.6 is 0 Å². The highest BCUT2D eigenvalue weighted by Crippen LogP contribution is 2.30. The van der Waals surface area contributed by atoms with Gasteiger partial charge in [-0.1, -0.05) is 6.42 Å². The molecule has 2 aliphatic heterocycles. The van der Waals surface area contributed by atoms with E-state index in [1.807, 2.05) is 0 Å². The Kier molecular flexibility index (Phi) is 3.41. The molecule has 84 valence electrons. The Morgan fingerprint density at radius 1 is 1.40 bits per heavy atom. The van der Waals surface area contributed by atoms with Crippen molar-refractivity contribution in [2.24, 2.45) is 0 Å². The molecule has 0 aromatic rings. The van der Waals surface area contributed by atoms with Gasteiger partial charge in [0.25, 0.3) is 0 Å². The second-order valence-electron chi connectivity index (χ2n) is 4.39. The lowest BCUT2D eigenvalue weighted by molar-refractivity contribution is -0.135. The SMILES string of the molecule is COC(=O)/C=C1/CCCN2CCCCC12. The molecule has 0 bridgehead atoms. The van der Waals surface area contributed by atoms with Crippen LogP contribution in [0.2, 0.25) is 0 Å². The van der Waals surface area contributed by atoms with Gasteiger partial charge in [-0.05, 0) is 44.3 Å². The van der Waals surface area contributed by atoms with Crippen molar-refractivity contribution in [2.45, 2.75) is 38.1 Å². The lowest BCUT2D eigenvalue weighted by Gasteiger charge is -2.40. The van der Waals surface area contributed by atoms with E-state index in [2.05, 4.69) is 4.90 Å². The Balaban J connectivity index is 2.09. The zero-order chi connectivity index (χ0) is 10.7. The number of carbonyl (C=O) groups is 1. The molecule has 0 aromatic heterocycles. The highest BCUT2D eigenvalue weighted by Gasteiger charge is 2.28. The monoisotopic (exact) mass is 209 g/mol. The summed E-state index contributed by atoms with van der Waals surface area (Å²) in [5.74, 6) is -0.197. The van der Waals surface area contributed by atoms with Crippen LogP contribution in [0.4, 0.5) is 0 Å². The summed E-state index contributed by atoms with van der Waals surface area (Å²) in [4.78, 5) is 13.8. The molecule has 0 spiro atoms. The minimum atomic E-state index is -0.197. The largest absolute Gasteiger partial charge is 0.466 e. The predicted octanol–water partition coefficient (Wildman–Crippen LogP) is 1.73. The van der Waals surface area contributed by atoms with Crippen LogP contribution in [0, 0.1) is 0 Å². The Labute approximate surface area is 91.1 Å². The topological polar surface area (TPSA) is 29.5 Å². The Hall–Kier alpha value is -0.830. The van der Waals surface area contributed by atoms with Crippen LogP contribution in [0.1, 0.15) is 32.1 Å². The van der Waals surface area contributed by atoms with E-state index in [-0.39, 0.29) is 5.97 Å². The van der Waals surface area contributed by atoms with Crippen molar-refractivity contribution in [1.82, 2.24) is 4.90 Å². The molecule has 1 unspecified atom stereocenters. The second kappa shape index (κ2) is 4.79. The first-order valence-corrected chi connectivity index (χ1v) is 5.83. The first kappa shape index (κ1) is 10.7. The van der Waals surface area contributed by atoms with Crippen LogP contribution < -0.4 is 0 Å². The van der Waals surface area contributed by atoms with Gasteiger partial charge in [-0.3, -0.25) is 4.90 Å². The van der Waals surface area contributed by atoms with Gasteiger partial charge in [0, 0.05) is 12.1 Å². The normalized spacial score (nSPS) is 29.9. The maximum Gasteiger partial charge on any atom is 0.330 e.